The maximum atomic E-state index is 6.28. The van der Waals surface area contributed by atoms with E-state index in [1.54, 1.807) is 0 Å². The number of fused-ring (bicyclic) bond motifs is 1. The number of ether oxygens (including phenoxy) is 2. The number of hydrogen-bond acceptors (Lipinski definition) is 4. The minimum absolute atomic E-state index is 0.193. The van der Waals surface area contributed by atoms with Crippen molar-refractivity contribution in [1.82, 2.24) is 9.55 Å². The molecule has 21 heavy (non-hydrogen) atoms. The molecule has 0 aliphatic carbocycles. The van der Waals surface area contributed by atoms with E-state index < -0.39 is 0 Å². The number of aryl methyl sites for hydroxylation is 1. The van der Waals surface area contributed by atoms with E-state index in [0.717, 1.165) is 36.5 Å². The fourth-order valence-corrected chi connectivity index (χ4v) is 2.84. The van der Waals surface area contributed by atoms with Gasteiger partial charge in [0.2, 0.25) is 6.79 Å². The molecule has 1 aliphatic heterocycles. The molecule has 0 amide bonds. The average molecular weight is 308 g/mol. The lowest BCUT2D eigenvalue weighted by Gasteiger charge is -2.07. The predicted molar refractivity (Wildman–Crippen MR) is 82.9 cm³/mol. The first-order valence-corrected chi connectivity index (χ1v) is 7.47. The van der Waals surface area contributed by atoms with E-state index in [2.05, 4.69) is 23.4 Å². The summed E-state index contributed by atoms with van der Waals surface area (Å²) in [5, 5.41) is 0.516. The fraction of sp³-hybridized carbons (Fsp3) is 0.400. The highest BCUT2D eigenvalue weighted by Crippen LogP contribution is 2.43. The van der Waals surface area contributed by atoms with Crippen LogP contribution < -0.4 is 15.2 Å². The molecular formula is C15H18ClN3O2. The molecule has 3 rings (SSSR count). The lowest BCUT2D eigenvalue weighted by atomic mass is 10.1. The Hall–Kier alpha value is -1.88. The minimum Gasteiger partial charge on any atom is -0.454 e. The summed E-state index contributed by atoms with van der Waals surface area (Å²) >= 11 is 6.24. The smallest absolute Gasteiger partial charge is 0.231 e. The molecule has 1 aromatic heterocycles. The molecule has 0 atom stereocenters. The fourth-order valence-electron chi connectivity index (χ4n) is 2.57. The van der Waals surface area contributed by atoms with Crippen LogP contribution in [0.2, 0.25) is 5.02 Å². The van der Waals surface area contributed by atoms with Gasteiger partial charge in [0.1, 0.15) is 17.3 Å². The number of nitrogens with two attached hydrogens (primary N) is 1. The molecule has 0 saturated heterocycles. The van der Waals surface area contributed by atoms with Gasteiger partial charge in [-0.1, -0.05) is 25.4 Å². The summed E-state index contributed by atoms with van der Waals surface area (Å²) in [7, 11) is 0. The molecule has 2 N–H and O–H groups in total. The summed E-state index contributed by atoms with van der Waals surface area (Å²) in [6.45, 7) is 5.25. The van der Waals surface area contributed by atoms with Gasteiger partial charge in [-0.05, 0) is 18.6 Å². The third-order valence-electron chi connectivity index (χ3n) is 3.55. The standard InChI is InChI=1S/C15H18ClN3O2/c1-3-5-19-12(4-2)18-13(15(19)17)9-6-10(16)14-11(7-9)20-8-21-14/h6-7H,3-5,8,17H2,1-2H3. The Morgan fingerprint density at radius 2 is 2.14 bits per heavy atom. The second-order valence-corrected chi connectivity index (χ2v) is 5.37. The number of nitrogen functional groups attached to an aromatic ring is 1. The van der Waals surface area contributed by atoms with Gasteiger partial charge >= 0.3 is 0 Å². The van der Waals surface area contributed by atoms with Crippen molar-refractivity contribution in [3.8, 4) is 22.8 Å². The molecular weight excluding hydrogens is 290 g/mol. The van der Waals surface area contributed by atoms with Gasteiger partial charge in [0.15, 0.2) is 11.5 Å². The van der Waals surface area contributed by atoms with Crippen LogP contribution in [0.5, 0.6) is 11.5 Å². The number of benzene rings is 1. The lowest BCUT2D eigenvalue weighted by Crippen LogP contribution is -2.06. The third-order valence-corrected chi connectivity index (χ3v) is 3.83. The van der Waals surface area contributed by atoms with E-state index >= 15 is 0 Å². The van der Waals surface area contributed by atoms with E-state index in [-0.39, 0.29) is 6.79 Å². The van der Waals surface area contributed by atoms with Crippen LogP contribution in [-0.2, 0) is 13.0 Å². The highest BCUT2D eigenvalue weighted by Gasteiger charge is 2.22. The monoisotopic (exact) mass is 307 g/mol. The molecule has 0 unspecified atom stereocenters. The topological polar surface area (TPSA) is 62.3 Å². The lowest BCUT2D eigenvalue weighted by molar-refractivity contribution is 0.174. The molecule has 0 fully saturated rings. The Morgan fingerprint density at radius 3 is 2.86 bits per heavy atom. The number of halogens is 1. The number of imidazole rings is 1. The van der Waals surface area contributed by atoms with Crippen LogP contribution in [-0.4, -0.2) is 16.3 Å². The van der Waals surface area contributed by atoms with Crippen LogP contribution in [0.25, 0.3) is 11.3 Å². The molecule has 2 aromatic rings. The molecule has 0 saturated carbocycles. The largest absolute Gasteiger partial charge is 0.454 e. The summed E-state index contributed by atoms with van der Waals surface area (Å²) in [6.07, 6.45) is 1.84. The van der Waals surface area contributed by atoms with E-state index in [1.165, 1.54) is 0 Å². The second kappa shape index (κ2) is 5.48. The molecule has 112 valence electrons. The van der Waals surface area contributed by atoms with Crippen molar-refractivity contribution >= 4 is 17.4 Å². The van der Waals surface area contributed by atoms with E-state index in [9.17, 15) is 0 Å². The molecule has 0 spiro atoms. The van der Waals surface area contributed by atoms with Gasteiger partial charge in [0.25, 0.3) is 0 Å². The highest BCUT2D eigenvalue weighted by molar-refractivity contribution is 6.32. The third kappa shape index (κ3) is 2.31. The van der Waals surface area contributed by atoms with Crippen molar-refractivity contribution in [3.05, 3.63) is 23.0 Å². The Balaban J connectivity index is 2.11. The van der Waals surface area contributed by atoms with Crippen molar-refractivity contribution in [2.24, 2.45) is 0 Å². The second-order valence-electron chi connectivity index (χ2n) is 4.96. The summed E-state index contributed by atoms with van der Waals surface area (Å²) < 4.78 is 12.8. The zero-order chi connectivity index (χ0) is 15.0. The first kappa shape index (κ1) is 14.1. The quantitative estimate of drug-likeness (QED) is 0.939. The molecule has 0 radical (unpaired) electrons. The molecule has 5 nitrogen and oxygen atoms in total. The predicted octanol–water partition coefficient (Wildman–Crippen LogP) is 3.49. The van der Waals surface area contributed by atoms with E-state index in [4.69, 9.17) is 26.8 Å². The van der Waals surface area contributed by atoms with Gasteiger partial charge in [-0.15, -0.1) is 0 Å². The van der Waals surface area contributed by atoms with Gasteiger partial charge in [-0.25, -0.2) is 4.98 Å². The van der Waals surface area contributed by atoms with Crippen molar-refractivity contribution in [2.75, 3.05) is 12.5 Å². The number of hydrogen-bond donors (Lipinski definition) is 1. The van der Waals surface area contributed by atoms with Crippen molar-refractivity contribution in [1.29, 1.82) is 0 Å². The molecule has 6 heteroatoms. The van der Waals surface area contributed by atoms with Crippen LogP contribution in [0.4, 0.5) is 5.82 Å². The SMILES string of the molecule is CCCn1c(CC)nc(-c2cc(Cl)c3c(c2)OCO3)c1N. The number of nitrogens with zero attached hydrogens (tertiary/aromatic N) is 2. The van der Waals surface area contributed by atoms with E-state index in [0.29, 0.717) is 22.3 Å². The number of anilines is 1. The molecule has 0 bridgehead atoms. The van der Waals surface area contributed by atoms with Gasteiger partial charge in [-0.2, -0.15) is 0 Å². The highest BCUT2D eigenvalue weighted by atomic mass is 35.5. The Morgan fingerprint density at radius 1 is 1.33 bits per heavy atom. The van der Waals surface area contributed by atoms with E-state index in [1.807, 2.05) is 12.1 Å². The summed E-state index contributed by atoms with van der Waals surface area (Å²) in [5.41, 5.74) is 7.88. The first-order valence-electron chi connectivity index (χ1n) is 7.10. The van der Waals surface area contributed by atoms with Gasteiger partial charge in [0.05, 0.1) is 5.02 Å². The number of rotatable bonds is 4. The number of aromatic nitrogens is 2. The van der Waals surface area contributed by atoms with Crippen LogP contribution in [0, 0.1) is 0 Å². The van der Waals surface area contributed by atoms with Crippen LogP contribution in [0.3, 0.4) is 0 Å². The minimum atomic E-state index is 0.193. The van der Waals surface area contributed by atoms with Crippen molar-refractivity contribution < 1.29 is 9.47 Å². The van der Waals surface area contributed by atoms with Gasteiger partial charge in [0, 0.05) is 18.5 Å². The zero-order valence-electron chi connectivity index (χ0n) is 12.1. The Kier molecular flexibility index (Phi) is 3.68. The van der Waals surface area contributed by atoms with Crippen molar-refractivity contribution in [3.63, 3.8) is 0 Å². The maximum Gasteiger partial charge on any atom is 0.231 e. The van der Waals surface area contributed by atoms with Gasteiger partial charge in [-0.3, -0.25) is 0 Å². The molecule has 1 aliphatic rings. The average Bonchev–Trinajstić information content (AvgIpc) is 3.05. The normalized spacial score (nSPS) is 12.9. The van der Waals surface area contributed by atoms with Crippen LogP contribution >= 0.6 is 11.6 Å². The van der Waals surface area contributed by atoms with Crippen LogP contribution in [0.15, 0.2) is 12.1 Å². The first-order chi connectivity index (χ1) is 10.2. The zero-order valence-corrected chi connectivity index (χ0v) is 12.9. The molecule has 2 heterocycles. The molecule has 1 aromatic carbocycles. The van der Waals surface area contributed by atoms with Crippen LogP contribution in [0.1, 0.15) is 26.1 Å². The summed E-state index contributed by atoms with van der Waals surface area (Å²) in [6, 6.07) is 3.70. The Bertz CT molecular complexity index is 682. The maximum absolute atomic E-state index is 6.28. The summed E-state index contributed by atoms with van der Waals surface area (Å²) in [4.78, 5) is 4.67. The Labute approximate surface area is 128 Å². The summed E-state index contributed by atoms with van der Waals surface area (Å²) in [5.74, 6) is 2.88. The van der Waals surface area contributed by atoms with Gasteiger partial charge < -0.3 is 19.8 Å². The van der Waals surface area contributed by atoms with Crippen molar-refractivity contribution in [2.45, 2.75) is 33.2 Å².